The molecule has 0 amide bonds. The average Bonchev–Trinajstić information content (AvgIpc) is 2.82. The van der Waals surface area contributed by atoms with Crippen LogP contribution < -0.4 is 20.7 Å². The molecule has 3 aromatic carbocycles. The van der Waals surface area contributed by atoms with Crippen molar-refractivity contribution in [2.45, 2.75) is 33.1 Å². The van der Waals surface area contributed by atoms with Crippen LogP contribution in [0.15, 0.2) is 70.4 Å². The fraction of sp³-hybridized carbons (Fsp3) is 0.250. The second-order valence-electron chi connectivity index (χ2n) is 9.68. The van der Waals surface area contributed by atoms with Crippen LogP contribution in [0.5, 0.6) is 5.75 Å². The molecule has 0 atom stereocenters. The Morgan fingerprint density at radius 3 is 2.21 bits per heavy atom. The zero-order chi connectivity index (χ0) is 28.3. The second-order valence-corrected chi connectivity index (χ2v) is 11.4. The van der Waals surface area contributed by atoms with Crippen molar-refractivity contribution >= 4 is 26.5 Å². The normalized spacial score (nSPS) is 11.3. The molecule has 0 aliphatic heterocycles. The molecular weight excluding hydrogens is 504 g/mol. The molecule has 0 bridgehead atoms. The van der Waals surface area contributed by atoms with E-state index in [2.05, 4.69) is 30.5 Å². The number of aromatic amines is 1. The van der Waals surface area contributed by atoms with Crippen LogP contribution in [-0.4, -0.2) is 31.3 Å². The van der Waals surface area contributed by atoms with Crippen molar-refractivity contribution in [2.24, 2.45) is 0 Å². The molecule has 0 fully saturated rings. The van der Waals surface area contributed by atoms with Crippen molar-refractivity contribution in [1.29, 1.82) is 5.26 Å². The molecule has 9 nitrogen and oxygen atoms in total. The van der Waals surface area contributed by atoms with Gasteiger partial charge in [-0.05, 0) is 52.1 Å². The lowest BCUT2D eigenvalue weighted by atomic mass is 9.83. The smallest absolute Gasteiger partial charge is 0.332 e. The minimum atomic E-state index is -3.38. The molecule has 0 radical (unpaired) electrons. The molecule has 4 rings (SSSR count). The number of nitriles is 1. The molecule has 0 saturated carbocycles. The minimum absolute atomic E-state index is 0.301. The SMILES string of the molecule is CC#N.COc1c(-c2ccc3cc(NS(C)(=O)=O)ccc3c2)cc(-n2ccc(=O)[nH]c2=O)cc1C(C)(C)C. The van der Waals surface area contributed by atoms with Crippen molar-refractivity contribution in [1.82, 2.24) is 9.55 Å². The Balaban J connectivity index is 0.00000127. The van der Waals surface area contributed by atoms with Gasteiger partial charge in [-0.2, -0.15) is 5.26 Å². The van der Waals surface area contributed by atoms with Crippen molar-refractivity contribution in [2.75, 3.05) is 18.1 Å². The quantitative estimate of drug-likeness (QED) is 0.386. The van der Waals surface area contributed by atoms with E-state index < -0.39 is 21.3 Å². The first-order valence-corrected chi connectivity index (χ1v) is 13.5. The van der Waals surface area contributed by atoms with Gasteiger partial charge in [0.2, 0.25) is 10.0 Å². The van der Waals surface area contributed by atoms with Gasteiger partial charge >= 0.3 is 5.69 Å². The second kappa shape index (κ2) is 10.9. The van der Waals surface area contributed by atoms with E-state index >= 15 is 0 Å². The number of fused-ring (bicyclic) bond motifs is 1. The summed E-state index contributed by atoms with van der Waals surface area (Å²) in [6.07, 6.45) is 2.57. The monoisotopic (exact) mass is 534 g/mol. The summed E-state index contributed by atoms with van der Waals surface area (Å²) in [6, 6.07) is 18.0. The molecule has 1 heterocycles. The fourth-order valence-electron chi connectivity index (χ4n) is 4.06. The zero-order valence-electron chi connectivity index (χ0n) is 22.1. The lowest BCUT2D eigenvalue weighted by molar-refractivity contribution is 0.399. The Kier molecular flexibility index (Phi) is 8.13. The van der Waals surface area contributed by atoms with E-state index in [-0.39, 0.29) is 5.41 Å². The van der Waals surface area contributed by atoms with Gasteiger partial charge in [-0.3, -0.25) is 19.1 Å². The number of nitrogens with zero attached hydrogens (tertiary/aromatic N) is 2. The van der Waals surface area contributed by atoms with E-state index in [0.29, 0.717) is 17.1 Å². The molecule has 0 saturated heterocycles. The Bertz CT molecular complexity index is 1760. The van der Waals surface area contributed by atoms with E-state index in [1.165, 1.54) is 23.8 Å². The first kappa shape index (κ1) is 28.2. The van der Waals surface area contributed by atoms with Crippen molar-refractivity contribution in [3.05, 3.63) is 87.2 Å². The summed E-state index contributed by atoms with van der Waals surface area (Å²) >= 11 is 0. The van der Waals surface area contributed by atoms with E-state index in [0.717, 1.165) is 33.7 Å². The summed E-state index contributed by atoms with van der Waals surface area (Å²) in [5.41, 5.74) is 2.34. The number of hydrogen-bond acceptors (Lipinski definition) is 6. The van der Waals surface area contributed by atoms with Crippen LogP contribution in [0.3, 0.4) is 0 Å². The van der Waals surface area contributed by atoms with Gasteiger partial charge in [-0.1, -0.05) is 39.0 Å². The summed E-state index contributed by atoms with van der Waals surface area (Å²) in [5.74, 6) is 0.688. The summed E-state index contributed by atoms with van der Waals surface area (Å²) < 4.78 is 32.9. The van der Waals surface area contributed by atoms with Gasteiger partial charge in [-0.15, -0.1) is 0 Å². The highest BCUT2D eigenvalue weighted by Gasteiger charge is 2.24. The predicted molar refractivity (Wildman–Crippen MR) is 151 cm³/mol. The Morgan fingerprint density at radius 1 is 1.00 bits per heavy atom. The van der Waals surface area contributed by atoms with Crippen LogP contribution in [0.2, 0.25) is 0 Å². The highest BCUT2D eigenvalue weighted by atomic mass is 32.2. The summed E-state index contributed by atoms with van der Waals surface area (Å²) in [5, 5.41) is 9.10. The van der Waals surface area contributed by atoms with Crippen LogP contribution in [-0.2, 0) is 15.4 Å². The van der Waals surface area contributed by atoms with Gasteiger partial charge in [0.15, 0.2) is 0 Å². The fourth-order valence-corrected chi connectivity index (χ4v) is 4.61. The van der Waals surface area contributed by atoms with Crippen molar-refractivity contribution in [3.63, 3.8) is 0 Å². The number of H-pyrrole nitrogens is 1. The van der Waals surface area contributed by atoms with Crippen LogP contribution in [0.25, 0.3) is 27.6 Å². The van der Waals surface area contributed by atoms with Gasteiger partial charge in [0, 0.05) is 36.0 Å². The number of nitrogens with one attached hydrogen (secondary N) is 2. The standard InChI is InChI=1S/C26H27N3O5S.C2H3N/c1-26(2,3)22-15-20(29-11-10-23(30)27-25(29)31)14-21(24(22)34-4)18-7-6-17-13-19(28-35(5,32)33)9-8-16(17)12-18;1-2-3/h6-15,28H,1-5H3,(H,27,30,31);1H3. The maximum absolute atomic E-state index is 12.5. The zero-order valence-corrected chi connectivity index (χ0v) is 22.9. The van der Waals surface area contributed by atoms with Gasteiger partial charge in [0.1, 0.15) is 5.75 Å². The highest BCUT2D eigenvalue weighted by molar-refractivity contribution is 7.92. The average molecular weight is 535 g/mol. The Morgan fingerprint density at radius 2 is 1.63 bits per heavy atom. The van der Waals surface area contributed by atoms with Crippen LogP contribution >= 0.6 is 0 Å². The largest absolute Gasteiger partial charge is 0.496 e. The van der Waals surface area contributed by atoms with Crippen LogP contribution in [0.1, 0.15) is 33.3 Å². The molecule has 10 heteroatoms. The summed E-state index contributed by atoms with van der Waals surface area (Å²) in [4.78, 5) is 26.4. The maximum atomic E-state index is 12.5. The van der Waals surface area contributed by atoms with Crippen LogP contribution in [0, 0.1) is 11.3 Å². The van der Waals surface area contributed by atoms with E-state index in [1.54, 1.807) is 25.3 Å². The van der Waals surface area contributed by atoms with Gasteiger partial charge < -0.3 is 4.74 Å². The number of anilines is 1. The van der Waals surface area contributed by atoms with Crippen molar-refractivity contribution < 1.29 is 13.2 Å². The number of ether oxygens (including phenoxy) is 1. The van der Waals surface area contributed by atoms with Gasteiger partial charge in [-0.25, -0.2) is 13.2 Å². The number of hydrogen-bond donors (Lipinski definition) is 2. The van der Waals surface area contributed by atoms with Gasteiger partial charge in [0.05, 0.1) is 25.1 Å². The third kappa shape index (κ3) is 6.49. The molecule has 0 aliphatic rings. The summed E-state index contributed by atoms with van der Waals surface area (Å²) in [6.45, 7) is 7.61. The first-order chi connectivity index (χ1) is 17.8. The molecule has 1 aromatic heterocycles. The Labute approximate surface area is 221 Å². The minimum Gasteiger partial charge on any atom is -0.496 e. The number of methoxy groups -OCH3 is 1. The summed E-state index contributed by atoms with van der Waals surface area (Å²) in [7, 11) is -1.76. The highest BCUT2D eigenvalue weighted by Crippen LogP contribution is 2.41. The Hall–Kier alpha value is -4.36. The molecule has 2 N–H and O–H groups in total. The first-order valence-electron chi connectivity index (χ1n) is 11.6. The third-order valence-corrected chi connectivity index (χ3v) is 6.25. The maximum Gasteiger partial charge on any atom is 0.332 e. The van der Waals surface area contributed by atoms with E-state index in [9.17, 15) is 18.0 Å². The number of benzene rings is 3. The van der Waals surface area contributed by atoms with E-state index in [4.69, 9.17) is 10.00 Å². The van der Waals surface area contributed by atoms with Crippen LogP contribution in [0.4, 0.5) is 5.69 Å². The van der Waals surface area contributed by atoms with Gasteiger partial charge in [0.25, 0.3) is 5.56 Å². The third-order valence-electron chi connectivity index (χ3n) is 5.64. The molecule has 0 unspecified atom stereocenters. The molecule has 0 spiro atoms. The predicted octanol–water partition coefficient (Wildman–Crippen LogP) is 4.55. The molecule has 38 heavy (non-hydrogen) atoms. The van der Waals surface area contributed by atoms with Crippen molar-refractivity contribution in [3.8, 4) is 28.6 Å². The molecule has 4 aromatic rings. The molecule has 198 valence electrons. The lowest BCUT2D eigenvalue weighted by Gasteiger charge is -2.25. The number of rotatable bonds is 5. The lowest BCUT2D eigenvalue weighted by Crippen LogP contribution is -2.27. The number of sulfonamides is 1. The molecule has 0 aliphatic carbocycles. The number of aromatic nitrogens is 2. The van der Waals surface area contributed by atoms with E-state index in [1.807, 2.05) is 36.4 Å². The topological polar surface area (TPSA) is 134 Å². The molecular formula is C28H30N4O5S.